The van der Waals surface area contributed by atoms with Gasteiger partial charge in [-0.25, -0.2) is 4.79 Å². The van der Waals surface area contributed by atoms with Crippen LogP contribution in [0, 0.1) is 16.7 Å². The molecule has 2 saturated carbocycles. The largest absolute Gasteiger partial charge is 0.453 e. The number of rotatable bonds is 2. The van der Waals surface area contributed by atoms with E-state index in [-0.39, 0.29) is 16.9 Å². The Kier molecular flexibility index (Phi) is 2.43. The molecular formula is C12H18N2O2. The van der Waals surface area contributed by atoms with E-state index >= 15 is 0 Å². The summed E-state index contributed by atoms with van der Waals surface area (Å²) < 4.78 is 5.38. The maximum Gasteiger partial charge on any atom is 0.413 e. The van der Waals surface area contributed by atoms with Crippen molar-refractivity contribution in [3.05, 3.63) is 5.53 Å². The molecule has 0 aromatic rings. The van der Waals surface area contributed by atoms with E-state index in [1.807, 2.05) is 0 Å². The molecule has 2 bridgehead atoms. The van der Waals surface area contributed by atoms with Crippen LogP contribution in [0.5, 0.6) is 0 Å². The maximum atomic E-state index is 11.3. The van der Waals surface area contributed by atoms with Crippen molar-refractivity contribution in [2.75, 3.05) is 0 Å². The van der Waals surface area contributed by atoms with Gasteiger partial charge in [-0.05, 0) is 30.6 Å². The minimum atomic E-state index is -0.544. The summed E-state index contributed by atoms with van der Waals surface area (Å²) in [6.07, 6.45) is 4.06. The number of nitrogens with zero attached hydrogens (tertiary/aromatic N) is 2. The van der Waals surface area contributed by atoms with Crippen LogP contribution in [0.2, 0.25) is 0 Å². The van der Waals surface area contributed by atoms with E-state index in [0.29, 0.717) is 5.92 Å². The molecular weight excluding hydrogens is 204 g/mol. The van der Waals surface area contributed by atoms with Crippen molar-refractivity contribution in [2.24, 2.45) is 16.7 Å². The van der Waals surface area contributed by atoms with Gasteiger partial charge in [0, 0.05) is 5.41 Å². The Morgan fingerprint density at radius 1 is 1.50 bits per heavy atom. The molecule has 2 aliphatic rings. The highest BCUT2D eigenvalue weighted by molar-refractivity contribution is 6.20. The fourth-order valence-electron chi connectivity index (χ4n) is 3.53. The average molecular weight is 222 g/mol. The molecule has 2 rings (SSSR count). The van der Waals surface area contributed by atoms with E-state index in [0.717, 1.165) is 19.1 Å². The molecule has 4 heteroatoms. The van der Waals surface area contributed by atoms with Gasteiger partial charge in [0.2, 0.25) is 0 Å². The van der Waals surface area contributed by atoms with E-state index in [9.17, 15) is 4.79 Å². The molecule has 0 aromatic carbocycles. The summed E-state index contributed by atoms with van der Waals surface area (Å²) in [7, 11) is 0. The number of hydrogen-bond acceptors (Lipinski definition) is 2. The first kappa shape index (κ1) is 11.3. The molecule has 2 fully saturated rings. The Morgan fingerprint density at radius 3 is 2.62 bits per heavy atom. The molecule has 0 amide bonds. The van der Waals surface area contributed by atoms with Crippen molar-refractivity contribution in [3.8, 4) is 0 Å². The van der Waals surface area contributed by atoms with Crippen molar-refractivity contribution in [1.29, 1.82) is 0 Å². The number of esters is 1. The summed E-state index contributed by atoms with van der Waals surface area (Å²) in [5.41, 5.74) is 8.57. The number of carbonyl (C=O) groups is 1. The molecule has 2 aliphatic carbocycles. The highest BCUT2D eigenvalue weighted by Gasteiger charge is 2.62. The molecule has 0 saturated heterocycles. The zero-order chi connectivity index (χ0) is 12.0. The normalized spacial score (nSPS) is 39.2. The molecule has 0 heterocycles. The zero-order valence-electron chi connectivity index (χ0n) is 10.1. The van der Waals surface area contributed by atoms with Crippen molar-refractivity contribution in [1.82, 2.24) is 0 Å². The summed E-state index contributed by atoms with van der Waals surface area (Å²) in [4.78, 5) is 14.0. The third kappa shape index (κ3) is 1.33. The van der Waals surface area contributed by atoms with Gasteiger partial charge in [0.05, 0.1) is 0 Å². The predicted molar refractivity (Wildman–Crippen MR) is 58.8 cm³/mol. The molecule has 0 aliphatic heterocycles. The van der Waals surface area contributed by atoms with Crippen molar-refractivity contribution in [2.45, 2.75) is 46.1 Å². The quantitative estimate of drug-likeness (QED) is 0.310. The van der Waals surface area contributed by atoms with E-state index in [1.54, 1.807) is 0 Å². The van der Waals surface area contributed by atoms with Crippen molar-refractivity contribution in [3.63, 3.8) is 0 Å². The molecule has 4 nitrogen and oxygen atoms in total. The number of ether oxygens (including phenoxy) is 1. The third-order valence-corrected chi connectivity index (χ3v) is 5.14. The van der Waals surface area contributed by atoms with E-state index in [2.05, 4.69) is 25.6 Å². The van der Waals surface area contributed by atoms with Gasteiger partial charge in [-0.3, -0.25) is 0 Å². The summed E-state index contributed by atoms with van der Waals surface area (Å²) in [5, 5.41) is 0. The van der Waals surface area contributed by atoms with Gasteiger partial charge in [0.1, 0.15) is 6.10 Å². The van der Waals surface area contributed by atoms with Crippen LogP contribution in [0.15, 0.2) is 0 Å². The molecule has 0 aromatic heterocycles. The van der Waals surface area contributed by atoms with Crippen LogP contribution in [0.1, 0.15) is 40.0 Å². The van der Waals surface area contributed by atoms with Gasteiger partial charge in [0.25, 0.3) is 0 Å². The third-order valence-electron chi connectivity index (χ3n) is 5.14. The van der Waals surface area contributed by atoms with Crippen LogP contribution in [0.3, 0.4) is 0 Å². The van der Waals surface area contributed by atoms with Gasteiger partial charge < -0.3 is 10.3 Å². The summed E-state index contributed by atoms with van der Waals surface area (Å²) in [5.74, 6) is 0.0958. The minimum absolute atomic E-state index is 0.0354. The molecule has 0 N–H and O–H groups in total. The van der Waals surface area contributed by atoms with Gasteiger partial charge in [0.15, 0.2) is 0 Å². The molecule has 0 unspecified atom stereocenters. The Balaban J connectivity index is 2.16. The Labute approximate surface area is 95.6 Å². The lowest BCUT2D eigenvalue weighted by Crippen LogP contribution is -2.38. The van der Waals surface area contributed by atoms with E-state index in [1.165, 1.54) is 6.42 Å². The molecule has 16 heavy (non-hydrogen) atoms. The topological polar surface area (TPSA) is 62.7 Å². The summed E-state index contributed by atoms with van der Waals surface area (Å²) in [6.45, 7) is 6.73. The number of hydrogen-bond donors (Lipinski definition) is 0. The lowest BCUT2D eigenvalue weighted by molar-refractivity contribution is -0.151. The van der Waals surface area contributed by atoms with Crippen LogP contribution < -0.4 is 0 Å². The highest BCUT2D eigenvalue weighted by Crippen LogP contribution is 2.66. The second kappa shape index (κ2) is 3.42. The van der Waals surface area contributed by atoms with Crippen LogP contribution in [-0.2, 0) is 9.53 Å². The van der Waals surface area contributed by atoms with Gasteiger partial charge in [-0.1, -0.05) is 20.8 Å². The van der Waals surface area contributed by atoms with E-state index in [4.69, 9.17) is 10.3 Å². The average Bonchev–Trinajstić information content (AvgIpc) is 2.51. The fourth-order valence-corrected chi connectivity index (χ4v) is 3.53. The molecule has 0 radical (unpaired) electrons. The highest BCUT2D eigenvalue weighted by atomic mass is 16.5. The van der Waals surface area contributed by atoms with Crippen molar-refractivity contribution < 1.29 is 14.3 Å². The van der Waals surface area contributed by atoms with Gasteiger partial charge >= 0.3 is 12.2 Å². The lowest BCUT2D eigenvalue weighted by atomic mass is 9.70. The van der Waals surface area contributed by atoms with Crippen LogP contribution >= 0.6 is 0 Å². The van der Waals surface area contributed by atoms with Crippen molar-refractivity contribution >= 4 is 12.2 Å². The SMILES string of the molecule is CC1(C)[C@H]2CC[C@]1(C)[C@H](OC(=O)C=[N+]=[N-])C2. The second-order valence-corrected chi connectivity index (χ2v) is 5.78. The Bertz CT molecular complexity index is 371. The van der Waals surface area contributed by atoms with Gasteiger partial charge in [-0.15, -0.1) is 0 Å². The zero-order valence-corrected chi connectivity index (χ0v) is 10.1. The monoisotopic (exact) mass is 222 g/mol. The first-order valence-corrected chi connectivity index (χ1v) is 5.80. The summed E-state index contributed by atoms with van der Waals surface area (Å²) >= 11 is 0. The van der Waals surface area contributed by atoms with Gasteiger partial charge in [-0.2, -0.15) is 4.79 Å². The second-order valence-electron chi connectivity index (χ2n) is 5.78. The standard InChI is InChI=1S/C12H18N2O2/c1-11(2)8-4-5-12(11,3)9(6-8)16-10(15)7-14-13/h7-9H,4-6H2,1-3H3/t8-,9+,12+/m0/s1. The first-order chi connectivity index (χ1) is 7.41. The van der Waals surface area contributed by atoms with Crippen LogP contribution in [0.25, 0.3) is 5.53 Å². The smallest absolute Gasteiger partial charge is 0.413 e. The molecule has 0 spiro atoms. The van der Waals surface area contributed by atoms with Crippen LogP contribution in [0.4, 0.5) is 0 Å². The lowest BCUT2D eigenvalue weighted by Gasteiger charge is -2.37. The Morgan fingerprint density at radius 2 is 2.19 bits per heavy atom. The minimum Gasteiger partial charge on any atom is -0.453 e. The summed E-state index contributed by atoms with van der Waals surface area (Å²) in [6, 6.07) is 0. The molecule has 88 valence electrons. The fraction of sp³-hybridized carbons (Fsp3) is 0.833. The predicted octanol–water partition coefficient (Wildman–Crippen LogP) is 2.04. The number of fused-ring (bicyclic) bond motifs is 2. The van der Waals surface area contributed by atoms with Crippen LogP contribution in [-0.4, -0.2) is 23.1 Å². The number of carbonyl (C=O) groups excluding carboxylic acids is 1. The maximum absolute atomic E-state index is 11.3. The Hall–Kier alpha value is -1.15. The van der Waals surface area contributed by atoms with E-state index < -0.39 is 5.97 Å². The first-order valence-electron chi connectivity index (χ1n) is 5.80. The molecule has 3 atom stereocenters.